The van der Waals surface area contributed by atoms with E-state index in [1.807, 2.05) is 30.3 Å². The van der Waals surface area contributed by atoms with Crippen molar-refractivity contribution in [2.24, 2.45) is 0 Å². The van der Waals surface area contributed by atoms with Crippen molar-refractivity contribution in [1.82, 2.24) is 4.31 Å². The Kier molecular flexibility index (Phi) is 4.03. The highest BCUT2D eigenvalue weighted by molar-refractivity contribution is 7.89. The Bertz CT molecular complexity index is 779. The van der Waals surface area contributed by atoms with Crippen molar-refractivity contribution in [1.29, 1.82) is 0 Å². The molecule has 1 aromatic heterocycles. The summed E-state index contributed by atoms with van der Waals surface area (Å²) in [6.07, 6.45) is 1.70. The molecular weight excluding hydrogens is 322 g/mol. The number of hydrogen-bond acceptors (Lipinski definition) is 4. The average molecular weight is 337 g/mol. The second kappa shape index (κ2) is 5.83. The summed E-state index contributed by atoms with van der Waals surface area (Å²) in [5.74, 6) is -1.10. The highest BCUT2D eigenvalue weighted by Crippen LogP contribution is 2.34. The maximum atomic E-state index is 12.8. The van der Waals surface area contributed by atoms with Gasteiger partial charge in [0, 0.05) is 18.0 Å². The van der Waals surface area contributed by atoms with Gasteiger partial charge in [-0.3, -0.25) is 0 Å². The zero-order valence-electron chi connectivity index (χ0n) is 11.7. The van der Waals surface area contributed by atoms with Crippen molar-refractivity contribution in [3.05, 3.63) is 52.2 Å². The van der Waals surface area contributed by atoms with Crippen LogP contribution in [0.1, 0.15) is 28.1 Å². The minimum atomic E-state index is -3.67. The fourth-order valence-corrected chi connectivity index (χ4v) is 5.01. The molecule has 1 heterocycles. The van der Waals surface area contributed by atoms with Crippen molar-refractivity contribution in [2.45, 2.75) is 30.3 Å². The number of thiophene rings is 1. The van der Waals surface area contributed by atoms with Crippen molar-refractivity contribution in [3.8, 4) is 0 Å². The summed E-state index contributed by atoms with van der Waals surface area (Å²) in [6.45, 7) is 0.312. The summed E-state index contributed by atoms with van der Waals surface area (Å²) in [7, 11) is -3.67. The average Bonchev–Trinajstić information content (AvgIpc) is 3.19. The Morgan fingerprint density at radius 3 is 2.50 bits per heavy atom. The third kappa shape index (κ3) is 3.06. The number of carbonyl (C=O) groups is 1. The Morgan fingerprint density at radius 2 is 1.95 bits per heavy atom. The number of nitrogens with zero attached hydrogens (tertiary/aromatic N) is 1. The highest BCUT2D eigenvalue weighted by atomic mass is 32.2. The molecule has 3 rings (SSSR count). The molecule has 1 aliphatic carbocycles. The van der Waals surface area contributed by atoms with Gasteiger partial charge < -0.3 is 5.11 Å². The van der Waals surface area contributed by atoms with E-state index < -0.39 is 16.0 Å². The molecule has 0 saturated heterocycles. The number of carboxylic acid groups (broad SMARTS) is 1. The second-order valence-corrected chi connectivity index (χ2v) is 8.02. The Hall–Kier alpha value is -1.70. The Balaban J connectivity index is 1.91. The van der Waals surface area contributed by atoms with E-state index in [0.29, 0.717) is 6.54 Å². The summed E-state index contributed by atoms with van der Waals surface area (Å²) in [5, 5.41) is 10.4. The molecule has 0 amide bonds. The zero-order valence-corrected chi connectivity index (χ0v) is 13.3. The van der Waals surface area contributed by atoms with E-state index in [0.717, 1.165) is 29.7 Å². The van der Waals surface area contributed by atoms with Crippen molar-refractivity contribution < 1.29 is 18.3 Å². The van der Waals surface area contributed by atoms with Crippen LogP contribution < -0.4 is 0 Å². The molecule has 0 radical (unpaired) electrons. The van der Waals surface area contributed by atoms with Gasteiger partial charge in [0.25, 0.3) is 0 Å². The molecule has 1 fully saturated rings. The second-order valence-electron chi connectivity index (χ2n) is 5.22. The lowest BCUT2D eigenvalue weighted by atomic mass is 10.2. The summed E-state index contributed by atoms with van der Waals surface area (Å²) in [4.78, 5) is 11.1. The molecule has 22 heavy (non-hydrogen) atoms. The molecule has 0 spiro atoms. The lowest BCUT2D eigenvalue weighted by Crippen LogP contribution is -2.32. The first-order chi connectivity index (χ1) is 10.5. The van der Waals surface area contributed by atoms with Gasteiger partial charge in [-0.25, -0.2) is 13.2 Å². The zero-order chi connectivity index (χ0) is 15.7. The van der Waals surface area contributed by atoms with Gasteiger partial charge in [0.15, 0.2) is 0 Å². The SMILES string of the molecule is O=C(O)c1cc(S(=O)(=O)N(Cc2ccccc2)C2CC2)cs1. The van der Waals surface area contributed by atoms with E-state index in [9.17, 15) is 13.2 Å². The van der Waals surface area contributed by atoms with Gasteiger partial charge in [0.05, 0.1) is 4.90 Å². The summed E-state index contributed by atoms with van der Waals surface area (Å²) in [6, 6.07) is 10.7. The van der Waals surface area contributed by atoms with Crippen LogP contribution in [0.2, 0.25) is 0 Å². The molecule has 0 bridgehead atoms. The smallest absolute Gasteiger partial charge is 0.345 e. The number of hydrogen-bond donors (Lipinski definition) is 1. The molecule has 1 saturated carbocycles. The first kappa shape index (κ1) is 15.2. The van der Waals surface area contributed by atoms with Crippen LogP contribution >= 0.6 is 11.3 Å². The van der Waals surface area contributed by atoms with Crippen LogP contribution in [0.5, 0.6) is 0 Å². The van der Waals surface area contributed by atoms with E-state index in [1.54, 1.807) is 0 Å². The first-order valence-corrected chi connectivity index (χ1v) is 9.18. The van der Waals surface area contributed by atoms with Gasteiger partial charge in [-0.05, 0) is 24.5 Å². The van der Waals surface area contributed by atoms with Gasteiger partial charge in [0.1, 0.15) is 4.88 Å². The van der Waals surface area contributed by atoms with Gasteiger partial charge >= 0.3 is 5.97 Å². The highest BCUT2D eigenvalue weighted by Gasteiger charge is 2.38. The Labute approximate surface area is 132 Å². The number of benzene rings is 1. The maximum Gasteiger partial charge on any atom is 0.345 e. The fraction of sp³-hybridized carbons (Fsp3) is 0.267. The van der Waals surface area contributed by atoms with Gasteiger partial charge in [0.2, 0.25) is 10.0 Å². The lowest BCUT2D eigenvalue weighted by Gasteiger charge is -2.21. The fourth-order valence-electron chi connectivity index (χ4n) is 2.24. The molecule has 7 heteroatoms. The standard InChI is InChI=1S/C15H15NO4S2/c17-15(18)14-8-13(10-21-14)22(19,20)16(12-6-7-12)9-11-4-2-1-3-5-11/h1-5,8,10,12H,6-7,9H2,(H,17,18). The third-order valence-corrected chi connectivity index (χ3v) is 6.47. The van der Waals surface area contributed by atoms with Crippen molar-refractivity contribution in [2.75, 3.05) is 0 Å². The van der Waals surface area contributed by atoms with E-state index in [2.05, 4.69) is 0 Å². The van der Waals surface area contributed by atoms with Crippen molar-refractivity contribution in [3.63, 3.8) is 0 Å². The van der Waals surface area contributed by atoms with Crippen molar-refractivity contribution >= 4 is 27.3 Å². The van der Waals surface area contributed by atoms with Crippen LogP contribution in [0.3, 0.4) is 0 Å². The minimum Gasteiger partial charge on any atom is -0.477 e. The molecule has 0 unspecified atom stereocenters. The molecule has 1 aromatic carbocycles. The molecule has 1 N–H and O–H groups in total. The third-order valence-electron chi connectivity index (χ3n) is 3.53. The lowest BCUT2D eigenvalue weighted by molar-refractivity contribution is 0.0702. The summed E-state index contributed by atoms with van der Waals surface area (Å²) >= 11 is 0.935. The van der Waals surface area contributed by atoms with Crippen LogP contribution in [-0.4, -0.2) is 29.8 Å². The summed E-state index contributed by atoms with van der Waals surface area (Å²) in [5.41, 5.74) is 0.923. The summed E-state index contributed by atoms with van der Waals surface area (Å²) < 4.78 is 27.1. The van der Waals surface area contributed by atoms with Crippen LogP contribution in [-0.2, 0) is 16.6 Å². The normalized spacial score (nSPS) is 15.1. The largest absolute Gasteiger partial charge is 0.477 e. The van der Waals surface area contributed by atoms with E-state index in [-0.39, 0.29) is 15.8 Å². The molecule has 5 nitrogen and oxygen atoms in total. The van der Waals surface area contributed by atoms with Gasteiger partial charge in [-0.15, -0.1) is 11.3 Å². The minimum absolute atomic E-state index is 0.0124. The maximum absolute atomic E-state index is 12.8. The van der Waals surface area contributed by atoms with Gasteiger partial charge in [-0.2, -0.15) is 4.31 Å². The number of carboxylic acids is 1. The molecule has 116 valence electrons. The number of sulfonamides is 1. The van der Waals surface area contributed by atoms with E-state index >= 15 is 0 Å². The van der Waals surface area contributed by atoms with Crippen LogP contribution in [0.15, 0.2) is 46.7 Å². The predicted octanol–water partition coefficient (Wildman–Crippen LogP) is 2.80. The quantitative estimate of drug-likeness (QED) is 0.879. The molecule has 0 aliphatic heterocycles. The molecule has 2 aromatic rings. The van der Waals surface area contributed by atoms with Crippen LogP contribution in [0, 0.1) is 0 Å². The van der Waals surface area contributed by atoms with Crippen LogP contribution in [0.4, 0.5) is 0 Å². The van der Waals surface area contributed by atoms with Crippen LogP contribution in [0.25, 0.3) is 0 Å². The number of rotatable bonds is 6. The van der Waals surface area contributed by atoms with E-state index in [4.69, 9.17) is 5.11 Å². The van der Waals surface area contributed by atoms with E-state index in [1.165, 1.54) is 15.8 Å². The monoisotopic (exact) mass is 337 g/mol. The predicted molar refractivity (Wildman–Crippen MR) is 83.5 cm³/mol. The van der Waals surface area contributed by atoms with Gasteiger partial charge in [-0.1, -0.05) is 30.3 Å². The topological polar surface area (TPSA) is 74.7 Å². The number of aromatic carboxylic acids is 1. The molecular formula is C15H15NO4S2. The molecule has 1 aliphatic rings. The molecule has 0 atom stereocenters. The first-order valence-electron chi connectivity index (χ1n) is 6.86. The Morgan fingerprint density at radius 1 is 1.27 bits per heavy atom.